The maximum atomic E-state index is 12.3. The third kappa shape index (κ3) is 4.37. The number of carbonyl (C=O) groups excluding carboxylic acids is 1. The highest BCUT2D eigenvalue weighted by Crippen LogP contribution is 2.21. The Bertz CT molecular complexity index is 651. The predicted molar refractivity (Wildman–Crippen MR) is 88.2 cm³/mol. The summed E-state index contributed by atoms with van der Waals surface area (Å²) in [6.07, 6.45) is 3.30. The van der Waals surface area contributed by atoms with E-state index in [1.54, 1.807) is 0 Å². The number of hydrogen-bond donors (Lipinski definition) is 1. The van der Waals surface area contributed by atoms with Gasteiger partial charge in [-0.2, -0.15) is 0 Å². The van der Waals surface area contributed by atoms with E-state index < -0.39 is 0 Å². The summed E-state index contributed by atoms with van der Waals surface area (Å²) in [5.74, 6) is -0.256. The Labute approximate surface area is 139 Å². The Kier molecular flexibility index (Phi) is 5.38. The van der Waals surface area contributed by atoms with E-state index in [0.717, 1.165) is 36.4 Å². The number of aromatic nitrogens is 1. The van der Waals surface area contributed by atoms with Crippen LogP contribution in [0.25, 0.3) is 0 Å². The van der Waals surface area contributed by atoms with Gasteiger partial charge >= 0.3 is 0 Å². The fraction of sp³-hybridized carbons (Fsp3) is 0.412. The number of nitrogens with zero attached hydrogens (tertiary/aromatic N) is 1. The molecule has 122 valence electrons. The number of ether oxygens (including phenoxy) is 1. The zero-order chi connectivity index (χ0) is 16.1. The van der Waals surface area contributed by atoms with Gasteiger partial charge in [0.15, 0.2) is 6.29 Å². The molecule has 5 nitrogen and oxygen atoms in total. The van der Waals surface area contributed by atoms with Crippen LogP contribution < -0.4 is 5.48 Å². The molecule has 1 amide bonds. The minimum atomic E-state index is -0.343. The van der Waals surface area contributed by atoms with Gasteiger partial charge in [0.25, 0.3) is 5.91 Å². The first-order chi connectivity index (χ1) is 11.2. The molecule has 1 aliphatic heterocycles. The molecule has 1 fully saturated rings. The molecule has 6 heteroatoms. The molecule has 1 unspecified atom stereocenters. The van der Waals surface area contributed by atoms with E-state index in [1.165, 1.54) is 16.9 Å². The van der Waals surface area contributed by atoms with Gasteiger partial charge in [0.05, 0.1) is 10.7 Å². The Morgan fingerprint density at radius 3 is 2.96 bits per heavy atom. The van der Waals surface area contributed by atoms with E-state index in [9.17, 15) is 4.79 Å². The van der Waals surface area contributed by atoms with Crippen LogP contribution in [-0.2, 0) is 16.0 Å². The summed E-state index contributed by atoms with van der Waals surface area (Å²) in [7, 11) is 0. The quantitative estimate of drug-likeness (QED) is 0.854. The van der Waals surface area contributed by atoms with Crippen molar-refractivity contribution in [3.8, 4) is 0 Å². The Balaban J connectivity index is 1.59. The van der Waals surface area contributed by atoms with Crippen molar-refractivity contribution in [1.82, 2.24) is 10.5 Å². The highest BCUT2D eigenvalue weighted by molar-refractivity contribution is 7.13. The van der Waals surface area contributed by atoms with Gasteiger partial charge in [-0.25, -0.2) is 15.3 Å². The van der Waals surface area contributed by atoms with Gasteiger partial charge in [0, 0.05) is 19.4 Å². The lowest BCUT2D eigenvalue weighted by molar-refractivity contribution is -0.186. The van der Waals surface area contributed by atoms with Gasteiger partial charge in [-0.15, -0.1) is 11.3 Å². The van der Waals surface area contributed by atoms with Gasteiger partial charge in [-0.1, -0.05) is 30.3 Å². The summed E-state index contributed by atoms with van der Waals surface area (Å²) in [6, 6.07) is 10.1. The highest BCUT2D eigenvalue weighted by Gasteiger charge is 2.19. The standard InChI is InChI=1S/C17H20N2O3S/c1-12-16(17(20)19-22-15-9-5-6-10-21-15)23-14(18-12)11-13-7-3-2-4-8-13/h2-4,7-8,15H,5-6,9-11H2,1H3,(H,19,20). The molecule has 3 rings (SSSR count). The zero-order valence-corrected chi connectivity index (χ0v) is 13.9. The average molecular weight is 332 g/mol. The Morgan fingerprint density at radius 1 is 1.39 bits per heavy atom. The van der Waals surface area contributed by atoms with Crippen molar-refractivity contribution >= 4 is 17.2 Å². The number of thiazole rings is 1. The normalized spacial score (nSPS) is 17.9. The fourth-order valence-electron chi connectivity index (χ4n) is 2.48. The molecule has 0 bridgehead atoms. The van der Waals surface area contributed by atoms with E-state index in [-0.39, 0.29) is 12.2 Å². The maximum Gasteiger partial charge on any atom is 0.286 e. The lowest BCUT2D eigenvalue weighted by Crippen LogP contribution is -2.33. The molecule has 2 aromatic rings. The number of amides is 1. The van der Waals surface area contributed by atoms with Crippen LogP contribution in [0.3, 0.4) is 0 Å². The smallest absolute Gasteiger partial charge is 0.286 e. The molecular formula is C17H20N2O3S. The van der Waals surface area contributed by atoms with E-state index in [2.05, 4.69) is 22.6 Å². The van der Waals surface area contributed by atoms with Crippen molar-refractivity contribution in [3.63, 3.8) is 0 Å². The largest absolute Gasteiger partial charge is 0.350 e. The van der Waals surface area contributed by atoms with E-state index in [1.807, 2.05) is 25.1 Å². The van der Waals surface area contributed by atoms with Crippen LogP contribution in [0.2, 0.25) is 0 Å². The van der Waals surface area contributed by atoms with Crippen molar-refractivity contribution in [2.24, 2.45) is 0 Å². The summed E-state index contributed by atoms with van der Waals surface area (Å²) < 4.78 is 5.43. The molecule has 1 atom stereocenters. The van der Waals surface area contributed by atoms with E-state index in [4.69, 9.17) is 9.57 Å². The molecule has 1 N–H and O–H groups in total. The number of benzene rings is 1. The molecule has 0 radical (unpaired) electrons. The fourth-order valence-corrected chi connectivity index (χ4v) is 3.46. The molecule has 0 saturated carbocycles. The molecule has 1 aromatic heterocycles. The summed E-state index contributed by atoms with van der Waals surface area (Å²) in [5, 5.41) is 0.924. The topological polar surface area (TPSA) is 60.5 Å². The molecule has 0 spiro atoms. The lowest BCUT2D eigenvalue weighted by Gasteiger charge is -2.21. The van der Waals surface area contributed by atoms with Crippen LogP contribution >= 0.6 is 11.3 Å². The van der Waals surface area contributed by atoms with Gasteiger partial charge < -0.3 is 4.74 Å². The van der Waals surface area contributed by atoms with Gasteiger partial charge in [0.2, 0.25) is 0 Å². The highest BCUT2D eigenvalue weighted by atomic mass is 32.1. The first-order valence-electron chi connectivity index (χ1n) is 7.80. The van der Waals surface area contributed by atoms with Gasteiger partial charge in [0.1, 0.15) is 4.88 Å². The first kappa shape index (κ1) is 16.1. The molecule has 2 heterocycles. The Morgan fingerprint density at radius 2 is 2.22 bits per heavy atom. The number of nitrogens with one attached hydrogen (secondary N) is 1. The molecule has 1 aromatic carbocycles. The third-order valence-electron chi connectivity index (χ3n) is 3.67. The van der Waals surface area contributed by atoms with Crippen LogP contribution in [0.5, 0.6) is 0 Å². The van der Waals surface area contributed by atoms with Crippen LogP contribution in [0.15, 0.2) is 30.3 Å². The summed E-state index contributed by atoms with van der Waals surface area (Å²) in [6.45, 7) is 2.53. The molecule has 0 aliphatic carbocycles. The summed E-state index contributed by atoms with van der Waals surface area (Å²) in [4.78, 5) is 22.7. The second kappa shape index (κ2) is 7.68. The van der Waals surface area contributed by atoms with Crippen molar-refractivity contribution in [1.29, 1.82) is 0 Å². The second-order valence-electron chi connectivity index (χ2n) is 5.53. The minimum absolute atomic E-state index is 0.256. The lowest BCUT2D eigenvalue weighted by atomic mass is 10.2. The average Bonchev–Trinajstić information content (AvgIpc) is 2.95. The van der Waals surface area contributed by atoms with Gasteiger partial charge in [-0.3, -0.25) is 4.79 Å². The number of hydrogen-bond acceptors (Lipinski definition) is 5. The van der Waals surface area contributed by atoms with E-state index >= 15 is 0 Å². The van der Waals surface area contributed by atoms with Crippen molar-refractivity contribution < 1.29 is 14.4 Å². The third-order valence-corrected chi connectivity index (χ3v) is 4.82. The SMILES string of the molecule is Cc1nc(Cc2ccccc2)sc1C(=O)NOC1CCCCO1. The molecular weight excluding hydrogens is 312 g/mol. The van der Waals surface area contributed by atoms with Crippen LogP contribution in [0.1, 0.15) is 45.2 Å². The zero-order valence-electron chi connectivity index (χ0n) is 13.1. The maximum absolute atomic E-state index is 12.3. The predicted octanol–water partition coefficient (Wildman–Crippen LogP) is 3.23. The first-order valence-corrected chi connectivity index (χ1v) is 8.62. The van der Waals surface area contributed by atoms with Crippen molar-refractivity contribution in [3.05, 3.63) is 51.5 Å². The second-order valence-corrected chi connectivity index (χ2v) is 6.61. The number of rotatable bonds is 5. The van der Waals surface area contributed by atoms with Crippen molar-refractivity contribution in [2.75, 3.05) is 6.61 Å². The Hall–Kier alpha value is -1.76. The van der Waals surface area contributed by atoms with Crippen LogP contribution in [-0.4, -0.2) is 23.8 Å². The van der Waals surface area contributed by atoms with Crippen molar-refractivity contribution in [2.45, 2.75) is 38.9 Å². The molecule has 1 aliphatic rings. The van der Waals surface area contributed by atoms with Gasteiger partial charge in [-0.05, 0) is 25.3 Å². The van der Waals surface area contributed by atoms with Crippen LogP contribution in [0, 0.1) is 6.92 Å². The van der Waals surface area contributed by atoms with Crippen LogP contribution in [0.4, 0.5) is 0 Å². The number of carbonyl (C=O) groups is 1. The monoisotopic (exact) mass is 332 g/mol. The number of hydroxylamine groups is 1. The molecule has 1 saturated heterocycles. The van der Waals surface area contributed by atoms with E-state index in [0.29, 0.717) is 11.5 Å². The number of aryl methyl sites for hydroxylation is 1. The molecule has 23 heavy (non-hydrogen) atoms. The minimum Gasteiger partial charge on any atom is -0.350 e. The summed E-state index contributed by atoms with van der Waals surface area (Å²) >= 11 is 1.41. The summed E-state index contributed by atoms with van der Waals surface area (Å²) in [5.41, 5.74) is 4.40.